The molecule has 0 aromatic heterocycles. The van der Waals surface area contributed by atoms with Crippen molar-refractivity contribution in [1.82, 2.24) is 4.90 Å². The van der Waals surface area contributed by atoms with Gasteiger partial charge >= 0.3 is 0 Å². The molecule has 1 atom stereocenters. The van der Waals surface area contributed by atoms with Gasteiger partial charge in [0, 0.05) is 29.7 Å². The van der Waals surface area contributed by atoms with Gasteiger partial charge in [-0.2, -0.15) is 0 Å². The molecule has 1 aliphatic rings. The third-order valence-electron chi connectivity index (χ3n) is 4.14. The molecule has 0 saturated carbocycles. The molecule has 0 radical (unpaired) electrons. The number of carbonyl (C=O) groups excluding carboxylic acids is 1. The van der Waals surface area contributed by atoms with Crippen molar-refractivity contribution >= 4 is 29.9 Å². The van der Waals surface area contributed by atoms with E-state index in [0.717, 1.165) is 24.9 Å². The summed E-state index contributed by atoms with van der Waals surface area (Å²) in [6, 6.07) is 14.9. The highest BCUT2D eigenvalue weighted by molar-refractivity contribution is 6.30. The summed E-state index contributed by atoms with van der Waals surface area (Å²) in [7, 11) is 0. The molecule has 134 valence electrons. The standard InChI is InChI=1S/C19H21ClN2O2.ClH/c20-16-8-6-14(7-9-16)13-24-18-5-1-3-15(11-18)19(23)22-10-2-4-17(21)12-22;/h1,3,5-9,11,17H,2,4,10,12-13,21H2;1H. The summed E-state index contributed by atoms with van der Waals surface area (Å²) >= 11 is 5.88. The fraction of sp³-hybridized carbons (Fsp3) is 0.316. The molecular formula is C19H22Cl2N2O2. The fourth-order valence-electron chi connectivity index (χ4n) is 2.84. The van der Waals surface area contributed by atoms with Crippen LogP contribution in [0.4, 0.5) is 0 Å². The minimum absolute atomic E-state index is 0. The summed E-state index contributed by atoms with van der Waals surface area (Å²) in [5.41, 5.74) is 7.63. The van der Waals surface area contributed by atoms with E-state index in [2.05, 4.69) is 0 Å². The number of hydrogen-bond donors (Lipinski definition) is 1. The predicted octanol–water partition coefficient (Wildman–Crippen LogP) is 3.90. The van der Waals surface area contributed by atoms with Gasteiger partial charge in [0.1, 0.15) is 12.4 Å². The van der Waals surface area contributed by atoms with Crippen molar-refractivity contribution in [2.24, 2.45) is 5.73 Å². The molecule has 1 aliphatic heterocycles. The first-order valence-corrected chi connectivity index (χ1v) is 8.52. The number of hydrogen-bond acceptors (Lipinski definition) is 3. The highest BCUT2D eigenvalue weighted by Gasteiger charge is 2.22. The van der Waals surface area contributed by atoms with Crippen molar-refractivity contribution in [3.63, 3.8) is 0 Å². The monoisotopic (exact) mass is 380 g/mol. The Kier molecular flexibility index (Phi) is 7.12. The summed E-state index contributed by atoms with van der Waals surface area (Å²) in [5.74, 6) is 0.694. The molecular weight excluding hydrogens is 359 g/mol. The van der Waals surface area contributed by atoms with E-state index >= 15 is 0 Å². The van der Waals surface area contributed by atoms with Crippen LogP contribution in [0.2, 0.25) is 5.02 Å². The Balaban J connectivity index is 0.00000225. The van der Waals surface area contributed by atoms with Gasteiger partial charge in [0.2, 0.25) is 0 Å². The highest BCUT2D eigenvalue weighted by Crippen LogP contribution is 2.19. The minimum Gasteiger partial charge on any atom is -0.489 e. The summed E-state index contributed by atoms with van der Waals surface area (Å²) < 4.78 is 5.79. The largest absolute Gasteiger partial charge is 0.489 e. The Bertz CT molecular complexity index is 707. The molecule has 2 aromatic rings. The van der Waals surface area contributed by atoms with E-state index in [1.165, 1.54) is 0 Å². The fourth-order valence-corrected chi connectivity index (χ4v) is 2.97. The molecule has 0 bridgehead atoms. The van der Waals surface area contributed by atoms with Crippen LogP contribution >= 0.6 is 24.0 Å². The van der Waals surface area contributed by atoms with E-state index in [0.29, 0.717) is 29.5 Å². The summed E-state index contributed by atoms with van der Waals surface area (Å²) in [6.07, 6.45) is 1.94. The Hall–Kier alpha value is -1.75. The van der Waals surface area contributed by atoms with Gasteiger partial charge in [0.15, 0.2) is 0 Å². The van der Waals surface area contributed by atoms with Gasteiger partial charge in [0.05, 0.1) is 0 Å². The minimum atomic E-state index is 0. The maximum atomic E-state index is 12.6. The molecule has 0 spiro atoms. The highest BCUT2D eigenvalue weighted by atomic mass is 35.5. The molecule has 1 saturated heterocycles. The molecule has 1 heterocycles. The molecule has 6 heteroatoms. The number of piperidine rings is 1. The number of halogens is 2. The Labute approximate surface area is 159 Å². The number of benzene rings is 2. The van der Waals surface area contributed by atoms with Crippen molar-refractivity contribution in [1.29, 1.82) is 0 Å². The Morgan fingerprint density at radius 3 is 2.72 bits per heavy atom. The molecule has 1 fully saturated rings. The number of amides is 1. The quantitative estimate of drug-likeness (QED) is 0.874. The lowest BCUT2D eigenvalue weighted by Crippen LogP contribution is -2.45. The normalized spacial score (nSPS) is 16.9. The zero-order chi connectivity index (χ0) is 16.9. The number of ether oxygens (including phenoxy) is 1. The van der Waals surface area contributed by atoms with Gasteiger partial charge < -0.3 is 15.4 Å². The maximum Gasteiger partial charge on any atom is 0.254 e. The van der Waals surface area contributed by atoms with Gasteiger partial charge in [-0.15, -0.1) is 12.4 Å². The lowest BCUT2D eigenvalue weighted by molar-refractivity contribution is 0.0708. The van der Waals surface area contributed by atoms with Crippen LogP contribution in [0, 0.1) is 0 Å². The molecule has 1 amide bonds. The summed E-state index contributed by atoms with van der Waals surface area (Å²) in [4.78, 5) is 14.4. The smallest absolute Gasteiger partial charge is 0.254 e. The molecule has 2 N–H and O–H groups in total. The third kappa shape index (κ3) is 5.36. The lowest BCUT2D eigenvalue weighted by atomic mass is 10.1. The molecule has 0 aliphatic carbocycles. The summed E-state index contributed by atoms with van der Waals surface area (Å²) in [5, 5.41) is 0.700. The molecule has 3 rings (SSSR count). The van der Waals surface area contributed by atoms with Crippen molar-refractivity contribution in [3.05, 3.63) is 64.7 Å². The maximum absolute atomic E-state index is 12.6. The van der Waals surface area contributed by atoms with Crippen LogP contribution in [0.5, 0.6) is 5.75 Å². The van der Waals surface area contributed by atoms with Crippen LogP contribution in [0.25, 0.3) is 0 Å². The first-order valence-electron chi connectivity index (χ1n) is 8.14. The van der Waals surface area contributed by atoms with Gasteiger partial charge in [-0.05, 0) is 48.7 Å². The van der Waals surface area contributed by atoms with E-state index in [1.54, 1.807) is 6.07 Å². The summed E-state index contributed by atoms with van der Waals surface area (Å²) in [6.45, 7) is 1.82. The number of carbonyl (C=O) groups is 1. The number of nitrogens with two attached hydrogens (primary N) is 1. The van der Waals surface area contributed by atoms with Gasteiger partial charge in [0.25, 0.3) is 5.91 Å². The van der Waals surface area contributed by atoms with E-state index in [9.17, 15) is 4.79 Å². The van der Waals surface area contributed by atoms with Crippen LogP contribution < -0.4 is 10.5 Å². The Morgan fingerprint density at radius 2 is 2.00 bits per heavy atom. The SMILES string of the molecule is Cl.NC1CCCN(C(=O)c2cccc(OCc3ccc(Cl)cc3)c2)C1. The lowest BCUT2D eigenvalue weighted by Gasteiger charge is -2.30. The second-order valence-electron chi connectivity index (χ2n) is 6.10. The van der Waals surface area contributed by atoms with Crippen LogP contribution in [-0.2, 0) is 6.61 Å². The second-order valence-corrected chi connectivity index (χ2v) is 6.53. The van der Waals surface area contributed by atoms with E-state index in [1.807, 2.05) is 47.4 Å². The predicted molar refractivity (Wildman–Crippen MR) is 103 cm³/mol. The van der Waals surface area contributed by atoms with Gasteiger partial charge in [-0.1, -0.05) is 29.8 Å². The van der Waals surface area contributed by atoms with Crippen LogP contribution in [-0.4, -0.2) is 29.9 Å². The van der Waals surface area contributed by atoms with Gasteiger partial charge in [-0.3, -0.25) is 4.79 Å². The topological polar surface area (TPSA) is 55.6 Å². The molecule has 1 unspecified atom stereocenters. The number of likely N-dealkylation sites (tertiary alicyclic amines) is 1. The van der Waals surface area contributed by atoms with Gasteiger partial charge in [-0.25, -0.2) is 0 Å². The third-order valence-corrected chi connectivity index (χ3v) is 4.40. The first-order chi connectivity index (χ1) is 11.6. The van der Waals surface area contributed by atoms with Crippen LogP contribution in [0.15, 0.2) is 48.5 Å². The van der Waals surface area contributed by atoms with Crippen molar-refractivity contribution in [3.8, 4) is 5.75 Å². The average Bonchev–Trinajstić information content (AvgIpc) is 2.61. The zero-order valence-electron chi connectivity index (χ0n) is 13.9. The number of rotatable bonds is 4. The van der Waals surface area contributed by atoms with Crippen molar-refractivity contribution < 1.29 is 9.53 Å². The van der Waals surface area contributed by atoms with Crippen molar-refractivity contribution in [2.45, 2.75) is 25.5 Å². The number of nitrogens with zero attached hydrogens (tertiary/aromatic N) is 1. The first kappa shape index (κ1) is 19.6. The molecule has 4 nitrogen and oxygen atoms in total. The zero-order valence-corrected chi connectivity index (χ0v) is 15.4. The van der Waals surface area contributed by atoms with Crippen LogP contribution in [0.3, 0.4) is 0 Å². The second kappa shape index (κ2) is 9.09. The molecule has 25 heavy (non-hydrogen) atoms. The van der Waals surface area contributed by atoms with E-state index < -0.39 is 0 Å². The Morgan fingerprint density at radius 1 is 1.24 bits per heavy atom. The van der Waals surface area contributed by atoms with E-state index in [4.69, 9.17) is 22.1 Å². The van der Waals surface area contributed by atoms with Crippen molar-refractivity contribution in [2.75, 3.05) is 13.1 Å². The molecule has 2 aromatic carbocycles. The van der Waals surface area contributed by atoms with E-state index in [-0.39, 0.29) is 24.4 Å². The average molecular weight is 381 g/mol. The van der Waals surface area contributed by atoms with Crippen LogP contribution in [0.1, 0.15) is 28.8 Å².